The summed E-state index contributed by atoms with van der Waals surface area (Å²) in [6.07, 6.45) is 6.90. The van der Waals surface area contributed by atoms with Gasteiger partial charge in [-0.05, 0) is 87.7 Å². The lowest BCUT2D eigenvalue weighted by atomic mass is 9.47. The smallest absolute Gasteiger partial charge is 0.410 e. The van der Waals surface area contributed by atoms with Gasteiger partial charge in [-0.1, -0.05) is 35.3 Å². The highest BCUT2D eigenvalue weighted by molar-refractivity contribution is 6.42. The van der Waals surface area contributed by atoms with Gasteiger partial charge in [0.05, 0.1) is 16.2 Å². The summed E-state index contributed by atoms with van der Waals surface area (Å²) in [5.74, 6) is 2.53. The van der Waals surface area contributed by atoms with Crippen LogP contribution in [-0.2, 0) is 11.3 Å². The molecule has 0 saturated heterocycles. The number of carbonyl (C=O) groups excluding carboxylic acids is 1. The topological polar surface area (TPSA) is 103 Å². The van der Waals surface area contributed by atoms with Crippen LogP contribution in [0.25, 0.3) is 0 Å². The lowest BCUT2D eigenvalue weighted by Gasteiger charge is -2.61. The fourth-order valence-electron chi connectivity index (χ4n) is 7.28. The van der Waals surface area contributed by atoms with Gasteiger partial charge in [0.2, 0.25) is 5.95 Å². The van der Waals surface area contributed by atoms with Gasteiger partial charge in [-0.15, -0.1) is 0 Å². The summed E-state index contributed by atoms with van der Waals surface area (Å²) in [5.41, 5.74) is 0.869. The van der Waals surface area contributed by atoms with Crippen molar-refractivity contribution < 1.29 is 9.53 Å². The first kappa shape index (κ1) is 27.8. The Morgan fingerprint density at radius 3 is 2.59 bits per heavy atom. The molecule has 4 saturated carbocycles. The molecule has 1 aromatic heterocycles. The molecular formula is C29H36Cl2N6O2. The summed E-state index contributed by atoms with van der Waals surface area (Å²) in [7, 11) is 1.90. The van der Waals surface area contributed by atoms with Crippen LogP contribution in [0.5, 0.6) is 0 Å². The zero-order chi connectivity index (χ0) is 27.9. The lowest BCUT2D eigenvalue weighted by molar-refractivity contribution is -0.101. The molecule has 0 aliphatic heterocycles. The van der Waals surface area contributed by atoms with Crippen molar-refractivity contribution in [1.29, 1.82) is 5.26 Å². The number of benzene rings is 1. The summed E-state index contributed by atoms with van der Waals surface area (Å²) in [5, 5.41) is 17.4. The average Bonchev–Trinajstić information content (AvgIpc) is 2.86. The highest BCUT2D eigenvalue weighted by Crippen LogP contribution is 2.61. The summed E-state index contributed by atoms with van der Waals surface area (Å²) >= 11 is 12.5. The Labute approximate surface area is 240 Å². The van der Waals surface area contributed by atoms with Crippen LogP contribution in [0.3, 0.4) is 0 Å². The SMILES string of the molecule is CN(C(=O)OC(C)(C)C)C1[C@@H]2CC3C[C@H]1CC(CNc1nc(NCc4cccc(Cl)c4Cl)ncc1C#N)(C3)C2. The zero-order valence-corrected chi connectivity index (χ0v) is 24.4. The van der Waals surface area contributed by atoms with Gasteiger partial charge in [-0.3, -0.25) is 0 Å². The fourth-order valence-corrected chi connectivity index (χ4v) is 7.67. The molecule has 208 valence electrons. The first-order valence-corrected chi connectivity index (χ1v) is 14.4. The molecule has 8 nitrogen and oxygen atoms in total. The molecule has 6 rings (SSSR count). The second kappa shape index (κ2) is 10.7. The molecular weight excluding hydrogens is 535 g/mol. The molecule has 2 aromatic rings. The minimum atomic E-state index is -0.507. The number of rotatable bonds is 7. The van der Waals surface area contributed by atoms with Crippen molar-refractivity contribution in [3.8, 4) is 6.07 Å². The predicted molar refractivity (Wildman–Crippen MR) is 153 cm³/mol. The molecule has 4 bridgehead atoms. The molecule has 4 fully saturated rings. The third-order valence-electron chi connectivity index (χ3n) is 8.49. The Balaban J connectivity index is 1.26. The molecule has 0 spiro atoms. The van der Waals surface area contributed by atoms with Crippen LogP contribution in [0.1, 0.15) is 64.0 Å². The molecule has 5 atom stereocenters. The van der Waals surface area contributed by atoms with Gasteiger partial charge >= 0.3 is 6.09 Å². The number of aromatic nitrogens is 2. The third kappa shape index (κ3) is 5.90. The Bertz CT molecular complexity index is 1270. The van der Waals surface area contributed by atoms with E-state index in [9.17, 15) is 10.1 Å². The van der Waals surface area contributed by atoms with Crippen molar-refractivity contribution in [1.82, 2.24) is 14.9 Å². The van der Waals surface area contributed by atoms with Gasteiger partial charge < -0.3 is 20.3 Å². The molecule has 0 radical (unpaired) electrons. The number of halogens is 2. The number of hydrogen-bond acceptors (Lipinski definition) is 7. The van der Waals surface area contributed by atoms with E-state index in [0.29, 0.717) is 51.7 Å². The maximum Gasteiger partial charge on any atom is 0.410 e. The Morgan fingerprint density at radius 1 is 1.21 bits per heavy atom. The molecule has 39 heavy (non-hydrogen) atoms. The number of nitrogens with zero attached hydrogens (tertiary/aromatic N) is 4. The summed E-state index contributed by atoms with van der Waals surface area (Å²) in [6.45, 7) is 6.88. The third-order valence-corrected chi connectivity index (χ3v) is 9.35. The van der Waals surface area contributed by atoms with Crippen LogP contribution in [0.4, 0.5) is 16.6 Å². The van der Waals surface area contributed by atoms with Gasteiger partial charge in [0.1, 0.15) is 23.1 Å². The van der Waals surface area contributed by atoms with E-state index in [1.165, 1.54) is 6.42 Å². The number of hydrogen-bond donors (Lipinski definition) is 2. The first-order chi connectivity index (χ1) is 18.5. The number of nitrogens with one attached hydrogen (secondary N) is 2. The number of anilines is 2. The molecule has 4 aliphatic rings. The van der Waals surface area contributed by atoms with E-state index in [2.05, 4.69) is 26.7 Å². The van der Waals surface area contributed by atoms with Crippen molar-refractivity contribution in [2.75, 3.05) is 24.2 Å². The van der Waals surface area contributed by atoms with E-state index in [-0.39, 0.29) is 17.6 Å². The monoisotopic (exact) mass is 570 g/mol. The maximum atomic E-state index is 12.9. The van der Waals surface area contributed by atoms with E-state index < -0.39 is 5.60 Å². The first-order valence-electron chi connectivity index (χ1n) is 13.6. The van der Waals surface area contributed by atoms with Crippen molar-refractivity contribution in [3.63, 3.8) is 0 Å². The van der Waals surface area contributed by atoms with E-state index in [0.717, 1.165) is 37.8 Å². The van der Waals surface area contributed by atoms with E-state index in [1.807, 2.05) is 44.9 Å². The molecule has 1 heterocycles. The van der Waals surface area contributed by atoms with Crippen LogP contribution < -0.4 is 10.6 Å². The minimum absolute atomic E-state index is 0.126. The number of ether oxygens (including phenoxy) is 1. The average molecular weight is 572 g/mol. The van der Waals surface area contributed by atoms with Gasteiger partial charge in [0.15, 0.2) is 0 Å². The van der Waals surface area contributed by atoms with E-state index >= 15 is 0 Å². The molecule has 1 amide bonds. The molecule has 4 aliphatic carbocycles. The van der Waals surface area contributed by atoms with Crippen LogP contribution in [0.15, 0.2) is 24.4 Å². The van der Waals surface area contributed by atoms with Crippen LogP contribution in [0, 0.1) is 34.5 Å². The molecule has 1 aromatic carbocycles. The maximum absolute atomic E-state index is 12.9. The van der Waals surface area contributed by atoms with E-state index in [4.69, 9.17) is 27.9 Å². The van der Waals surface area contributed by atoms with Gasteiger partial charge in [-0.25, -0.2) is 9.78 Å². The highest BCUT2D eigenvalue weighted by atomic mass is 35.5. The van der Waals surface area contributed by atoms with Crippen molar-refractivity contribution in [2.24, 2.45) is 23.2 Å². The molecule has 2 N–H and O–H groups in total. The zero-order valence-electron chi connectivity index (χ0n) is 22.9. The lowest BCUT2D eigenvalue weighted by Crippen LogP contribution is -2.61. The van der Waals surface area contributed by atoms with Gasteiger partial charge in [0, 0.05) is 26.2 Å². The van der Waals surface area contributed by atoms with Crippen molar-refractivity contribution in [3.05, 3.63) is 45.6 Å². The molecule has 3 unspecified atom stereocenters. The Hall–Kier alpha value is -2.76. The number of amides is 1. The fraction of sp³-hybridized carbons (Fsp3) is 0.586. The Morgan fingerprint density at radius 2 is 1.92 bits per heavy atom. The number of carbonyl (C=O) groups is 1. The quantitative estimate of drug-likeness (QED) is 0.379. The highest BCUT2D eigenvalue weighted by Gasteiger charge is 2.57. The largest absolute Gasteiger partial charge is 0.444 e. The predicted octanol–water partition coefficient (Wildman–Crippen LogP) is 6.74. The van der Waals surface area contributed by atoms with Crippen LogP contribution in [-0.4, -0.2) is 46.2 Å². The second-order valence-electron chi connectivity index (χ2n) is 12.5. The standard InChI is InChI=1S/C29H36Cl2N6O2/c1-28(2,3)39-27(38)37(4)24-19-8-17-9-20(24)12-29(10-17,11-19)16-35-25-21(13-32)15-34-26(36-25)33-14-18-6-5-7-22(30)23(18)31/h5-7,15,17,19-20,24H,8-12,14,16H2,1-4H3,(H2,33,34,35,36)/t17?,19-,20+,24?,29?. The van der Waals surface area contributed by atoms with Crippen LogP contribution >= 0.6 is 23.2 Å². The van der Waals surface area contributed by atoms with E-state index in [1.54, 1.807) is 12.3 Å². The minimum Gasteiger partial charge on any atom is -0.444 e. The van der Waals surface area contributed by atoms with Crippen LogP contribution in [0.2, 0.25) is 10.0 Å². The van der Waals surface area contributed by atoms with Crippen molar-refractivity contribution >= 4 is 41.1 Å². The normalized spacial score (nSPS) is 27.1. The summed E-state index contributed by atoms with van der Waals surface area (Å²) < 4.78 is 5.69. The molecule has 10 heteroatoms. The van der Waals surface area contributed by atoms with Gasteiger partial charge in [0.25, 0.3) is 0 Å². The van der Waals surface area contributed by atoms with Crippen molar-refractivity contribution in [2.45, 2.75) is 71.1 Å². The number of nitriles is 1. The van der Waals surface area contributed by atoms with Gasteiger partial charge in [-0.2, -0.15) is 10.2 Å². The summed E-state index contributed by atoms with van der Waals surface area (Å²) in [4.78, 5) is 23.7. The second-order valence-corrected chi connectivity index (χ2v) is 13.3. The summed E-state index contributed by atoms with van der Waals surface area (Å²) in [6, 6.07) is 7.91. The Kier molecular flexibility index (Phi) is 7.60.